The van der Waals surface area contributed by atoms with E-state index in [1.807, 2.05) is 0 Å². The Labute approximate surface area is 115 Å². The Hall–Kier alpha value is -1.36. The molecule has 0 radical (unpaired) electrons. The van der Waals surface area contributed by atoms with Gasteiger partial charge in [-0.2, -0.15) is 0 Å². The fourth-order valence-electron chi connectivity index (χ4n) is 2.62. The Morgan fingerprint density at radius 1 is 1.42 bits per heavy atom. The summed E-state index contributed by atoms with van der Waals surface area (Å²) < 4.78 is 13.2. The number of rotatable bonds is 2. The second-order valence-corrected chi connectivity index (χ2v) is 5.62. The van der Waals surface area contributed by atoms with Crippen molar-refractivity contribution < 1.29 is 9.18 Å². The lowest BCUT2D eigenvalue weighted by Gasteiger charge is -2.17. The van der Waals surface area contributed by atoms with Crippen LogP contribution in [0.1, 0.15) is 19.3 Å². The summed E-state index contributed by atoms with van der Waals surface area (Å²) in [4.78, 5) is 17.5. The minimum Gasteiger partial charge on any atom is -0.324 e. The molecule has 3 rings (SSSR count). The molecule has 2 heterocycles. The first-order chi connectivity index (χ1) is 9.13. The number of anilines is 1. The van der Waals surface area contributed by atoms with Crippen LogP contribution in [0.2, 0.25) is 5.15 Å². The van der Waals surface area contributed by atoms with Crippen molar-refractivity contribution in [2.75, 3.05) is 18.4 Å². The molecule has 1 atom stereocenters. The van der Waals surface area contributed by atoms with Gasteiger partial charge in [0, 0.05) is 19.2 Å². The van der Waals surface area contributed by atoms with Crippen LogP contribution < -0.4 is 5.32 Å². The van der Waals surface area contributed by atoms with Crippen LogP contribution in [0.15, 0.2) is 12.3 Å². The van der Waals surface area contributed by atoms with E-state index < -0.39 is 5.82 Å². The number of amides is 2. The average Bonchev–Trinajstić information content (AvgIpc) is 3.11. The largest absolute Gasteiger partial charge is 0.324 e. The molecule has 1 N–H and O–H groups in total. The van der Waals surface area contributed by atoms with Crippen LogP contribution in [-0.2, 0) is 0 Å². The zero-order valence-corrected chi connectivity index (χ0v) is 11.2. The van der Waals surface area contributed by atoms with Crippen molar-refractivity contribution in [1.82, 2.24) is 9.88 Å². The van der Waals surface area contributed by atoms with Gasteiger partial charge in [0.2, 0.25) is 0 Å². The molecule has 1 saturated carbocycles. The summed E-state index contributed by atoms with van der Waals surface area (Å²) in [7, 11) is 0. The first kappa shape index (κ1) is 12.7. The fraction of sp³-hybridized carbons (Fsp3) is 0.538. The van der Waals surface area contributed by atoms with Crippen LogP contribution in [0.4, 0.5) is 14.9 Å². The highest BCUT2D eigenvalue weighted by atomic mass is 35.5. The summed E-state index contributed by atoms with van der Waals surface area (Å²) in [6, 6.07) is 0.994. The Morgan fingerprint density at radius 3 is 2.89 bits per heavy atom. The number of hydrogen-bond acceptors (Lipinski definition) is 2. The monoisotopic (exact) mass is 283 g/mol. The van der Waals surface area contributed by atoms with Crippen molar-refractivity contribution in [3.8, 4) is 0 Å². The molecule has 2 fully saturated rings. The lowest BCUT2D eigenvalue weighted by molar-refractivity contribution is 0.220. The lowest BCUT2D eigenvalue weighted by atomic mass is 10.0. The Balaban J connectivity index is 1.60. The highest BCUT2D eigenvalue weighted by molar-refractivity contribution is 6.29. The van der Waals surface area contributed by atoms with Crippen LogP contribution in [0.5, 0.6) is 0 Å². The van der Waals surface area contributed by atoms with E-state index in [9.17, 15) is 9.18 Å². The zero-order valence-electron chi connectivity index (χ0n) is 10.4. The standard InChI is InChI=1S/C13H15ClFN3O/c14-12-11(15)5-10(6-16-12)17-13(19)18-4-3-9(7-18)8-1-2-8/h5-6,8-9H,1-4,7H2,(H,17,19). The van der Waals surface area contributed by atoms with Gasteiger partial charge >= 0.3 is 6.03 Å². The predicted molar refractivity (Wildman–Crippen MR) is 70.6 cm³/mol. The summed E-state index contributed by atoms with van der Waals surface area (Å²) in [5.74, 6) is 0.829. The molecule has 4 nitrogen and oxygen atoms in total. The van der Waals surface area contributed by atoms with Crippen LogP contribution in [0.3, 0.4) is 0 Å². The van der Waals surface area contributed by atoms with Gasteiger partial charge in [-0.1, -0.05) is 11.6 Å². The molecule has 2 aliphatic rings. The van der Waals surface area contributed by atoms with E-state index in [-0.39, 0.29) is 11.2 Å². The number of aromatic nitrogens is 1. The summed E-state index contributed by atoms with van der Waals surface area (Å²) in [5, 5.41) is 2.47. The average molecular weight is 284 g/mol. The van der Waals surface area contributed by atoms with E-state index in [0.717, 1.165) is 25.4 Å². The number of nitrogens with one attached hydrogen (secondary N) is 1. The van der Waals surface area contributed by atoms with Crippen LogP contribution >= 0.6 is 11.6 Å². The van der Waals surface area contributed by atoms with Crippen LogP contribution in [-0.4, -0.2) is 29.0 Å². The Kier molecular flexibility index (Phi) is 3.31. The minimum atomic E-state index is -0.628. The number of urea groups is 1. The number of nitrogens with zero attached hydrogens (tertiary/aromatic N) is 2. The van der Waals surface area contributed by atoms with Gasteiger partial charge in [0.25, 0.3) is 0 Å². The Bertz CT molecular complexity index is 507. The van der Waals surface area contributed by atoms with Crippen molar-refractivity contribution in [3.05, 3.63) is 23.2 Å². The van der Waals surface area contributed by atoms with Crippen molar-refractivity contribution in [3.63, 3.8) is 0 Å². The van der Waals surface area contributed by atoms with Crippen LogP contribution in [0.25, 0.3) is 0 Å². The van der Waals surface area contributed by atoms with Gasteiger partial charge in [0.1, 0.15) is 0 Å². The van der Waals surface area contributed by atoms with Crippen LogP contribution in [0, 0.1) is 17.7 Å². The predicted octanol–water partition coefficient (Wildman–Crippen LogP) is 3.14. The first-order valence-corrected chi connectivity index (χ1v) is 6.88. The molecule has 102 valence electrons. The van der Waals surface area contributed by atoms with Gasteiger partial charge in [0.15, 0.2) is 11.0 Å². The smallest absolute Gasteiger partial charge is 0.321 e. The fourth-order valence-corrected chi connectivity index (χ4v) is 2.72. The molecule has 19 heavy (non-hydrogen) atoms. The number of carbonyl (C=O) groups is 1. The number of likely N-dealkylation sites (tertiary alicyclic amines) is 1. The molecular formula is C13H15ClFN3O. The van der Waals surface area contributed by atoms with Crippen molar-refractivity contribution >= 4 is 23.3 Å². The summed E-state index contributed by atoms with van der Waals surface area (Å²) >= 11 is 5.50. The number of carbonyl (C=O) groups excluding carboxylic acids is 1. The highest BCUT2D eigenvalue weighted by Crippen LogP contribution is 2.41. The van der Waals surface area contributed by atoms with Gasteiger partial charge in [-0.3, -0.25) is 0 Å². The maximum atomic E-state index is 13.2. The molecule has 1 saturated heterocycles. The van der Waals surface area contributed by atoms with E-state index in [2.05, 4.69) is 10.3 Å². The third kappa shape index (κ3) is 2.81. The van der Waals surface area contributed by atoms with Crippen molar-refractivity contribution in [2.45, 2.75) is 19.3 Å². The molecule has 2 amide bonds. The molecule has 0 bridgehead atoms. The van der Waals surface area contributed by atoms with E-state index >= 15 is 0 Å². The third-order valence-corrected chi connectivity index (χ3v) is 4.13. The number of hydrogen-bond donors (Lipinski definition) is 1. The zero-order chi connectivity index (χ0) is 13.4. The van der Waals surface area contributed by atoms with Crippen molar-refractivity contribution in [2.24, 2.45) is 11.8 Å². The molecule has 1 aromatic heterocycles. The summed E-state index contributed by atoms with van der Waals surface area (Å²) in [5.41, 5.74) is 0.335. The van der Waals surface area contributed by atoms with Gasteiger partial charge < -0.3 is 10.2 Å². The molecule has 1 aliphatic heterocycles. The molecular weight excluding hydrogens is 269 g/mol. The first-order valence-electron chi connectivity index (χ1n) is 6.50. The second-order valence-electron chi connectivity index (χ2n) is 5.26. The normalized spacial score (nSPS) is 22.6. The van der Waals surface area contributed by atoms with Gasteiger partial charge in [-0.05, 0) is 31.1 Å². The highest BCUT2D eigenvalue weighted by Gasteiger charge is 2.37. The molecule has 1 unspecified atom stereocenters. The van der Waals surface area contributed by atoms with Gasteiger partial charge in [-0.15, -0.1) is 0 Å². The maximum Gasteiger partial charge on any atom is 0.321 e. The van der Waals surface area contributed by atoms with E-state index in [0.29, 0.717) is 11.6 Å². The summed E-state index contributed by atoms with van der Waals surface area (Å²) in [6.07, 6.45) is 5.03. The quantitative estimate of drug-likeness (QED) is 0.848. The molecule has 6 heteroatoms. The Morgan fingerprint density at radius 2 is 2.21 bits per heavy atom. The van der Waals surface area contributed by atoms with Gasteiger partial charge in [0.05, 0.1) is 11.9 Å². The molecule has 0 aromatic carbocycles. The number of pyridine rings is 1. The van der Waals surface area contributed by atoms with E-state index in [4.69, 9.17) is 11.6 Å². The molecule has 1 aliphatic carbocycles. The maximum absolute atomic E-state index is 13.2. The summed E-state index contributed by atoms with van der Waals surface area (Å²) in [6.45, 7) is 1.58. The molecule has 1 aromatic rings. The molecule has 0 spiro atoms. The SMILES string of the molecule is O=C(Nc1cnc(Cl)c(F)c1)N1CCC(C2CC2)C1. The third-order valence-electron chi connectivity index (χ3n) is 3.85. The topological polar surface area (TPSA) is 45.2 Å². The minimum absolute atomic E-state index is 0.187. The second kappa shape index (κ2) is 4.96. The van der Waals surface area contributed by atoms with Crippen molar-refractivity contribution in [1.29, 1.82) is 0 Å². The van der Waals surface area contributed by atoms with Gasteiger partial charge in [-0.25, -0.2) is 14.2 Å². The lowest BCUT2D eigenvalue weighted by Crippen LogP contribution is -2.33. The van der Waals surface area contributed by atoms with E-state index in [1.165, 1.54) is 25.1 Å². The van der Waals surface area contributed by atoms with E-state index in [1.54, 1.807) is 4.90 Å². The number of halogens is 2.